The van der Waals surface area contributed by atoms with Crippen LogP contribution in [0.15, 0.2) is 48.7 Å². The van der Waals surface area contributed by atoms with Gasteiger partial charge in [-0.3, -0.25) is 4.98 Å². The Morgan fingerprint density at radius 3 is 2.80 bits per heavy atom. The van der Waals surface area contributed by atoms with Crippen molar-refractivity contribution in [1.29, 1.82) is 0 Å². The van der Waals surface area contributed by atoms with Crippen molar-refractivity contribution in [1.82, 2.24) is 4.98 Å². The smallest absolute Gasteiger partial charge is 0.0847 e. The van der Waals surface area contributed by atoms with Crippen molar-refractivity contribution in [3.63, 3.8) is 0 Å². The summed E-state index contributed by atoms with van der Waals surface area (Å²) in [5.41, 5.74) is 3.36. The lowest BCUT2D eigenvalue weighted by Gasteiger charge is -2.11. The molecule has 4 heteroatoms. The molecule has 1 unspecified atom stereocenters. The van der Waals surface area contributed by atoms with E-state index < -0.39 is 6.10 Å². The van der Waals surface area contributed by atoms with Crippen LogP contribution < -0.4 is 5.32 Å². The molecule has 3 nitrogen and oxygen atoms in total. The van der Waals surface area contributed by atoms with E-state index in [9.17, 15) is 5.11 Å². The zero-order valence-corrected chi connectivity index (χ0v) is 12.1. The maximum absolute atomic E-state index is 9.44. The molecule has 0 aliphatic heterocycles. The molecule has 0 saturated heterocycles. The van der Waals surface area contributed by atoms with Crippen LogP contribution in [0.25, 0.3) is 0 Å². The van der Waals surface area contributed by atoms with Gasteiger partial charge < -0.3 is 10.4 Å². The van der Waals surface area contributed by atoms with E-state index in [2.05, 4.69) is 22.4 Å². The van der Waals surface area contributed by atoms with Crippen molar-refractivity contribution in [3.8, 4) is 0 Å². The fourth-order valence-corrected chi connectivity index (χ4v) is 2.05. The van der Waals surface area contributed by atoms with E-state index in [0.717, 1.165) is 24.2 Å². The number of aliphatic hydroxyl groups excluding tert-OH is 1. The molecule has 2 N–H and O–H groups in total. The van der Waals surface area contributed by atoms with Gasteiger partial charge in [0.25, 0.3) is 0 Å². The van der Waals surface area contributed by atoms with E-state index in [-0.39, 0.29) is 5.88 Å². The third-order valence-corrected chi connectivity index (χ3v) is 3.40. The number of anilines is 1. The van der Waals surface area contributed by atoms with Gasteiger partial charge in [-0.2, -0.15) is 0 Å². The first-order valence-corrected chi connectivity index (χ1v) is 7.28. The number of benzene rings is 1. The van der Waals surface area contributed by atoms with Crippen LogP contribution in [0.5, 0.6) is 0 Å². The number of hydrogen-bond acceptors (Lipinski definition) is 3. The number of alkyl halides is 1. The second-order valence-electron chi connectivity index (χ2n) is 4.71. The highest BCUT2D eigenvalue weighted by atomic mass is 35.5. The van der Waals surface area contributed by atoms with Crippen LogP contribution in [0, 0.1) is 0 Å². The number of nitrogens with zero attached hydrogens (tertiary/aromatic N) is 1. The van der Waals surface area contributed by atoms with Crippen LogP contribution in [0.3, 0.4) is 0 Å². The molecule has 1 aromatic carbocycles. The number of aliphatic hydroxyl groups is 1. The molecule has 2 rings (SSSR count). The quantitative estimate of drug-likeness (QED) is 0.771. The summed E-state index contributed by atoms with van der Waals surface area (Å²) in [5, 5.41) is 12.6. The first-order valence-electron chi connectivity index (χ1n) is 6.74. The number of rotatable bonds is 7. The van der Waals surface area contributed by atoms with Gasteiger partial charge in [0.05, 0.1) is 12.0 Å². The maximum Gasteiger partial charge on any atom is 0.0847 e. The van der Waals surface area contributed by atoms with Gasteiger partial charge in [-0.1, -0.05) is 18.2 Å². The van der Waals surface area contributed by atoms with Crippen LogP contribution >= 0.6 is 11.6 Å². The molecule has 0 aliphatic rings. The Hall–Kier alpha value is -1.58. The van der Waals surface area contributed by atoms with Crippen LogP contribution in [-0.2, 0) is 12.8 Å². The molecular weight excluding hydrogens is 272 g/mol. The molecule has 20 heavy (non-hydrogen) atoms. The van der Waals surface area contributed by atoms with Gasteiger partial charge in [0.15, 0.2) is 0 Å². The zero-order valence-electron chi connectivity index (χ0n) is 11.3. The third-order valence-electron chi connectivity index (χ3n) is 3.04. The van der Waals surface area contributed by atoms with Gasteiger partial charge in [-0.05, 0) is 42.7 Å². The highest BCUT2D eigenvalue weighted by Crippen LogP contribution is 2.13. The minimum Gasteiger partial charge on any atom is -0.390 e. The number of halogens is 1. The van der Waals surface area contributed by atoms with Gasteiger partial charge in [0.2, 0.25) is 0 Å². The zero-order chi connectivity index (χ0) is 14.2. The fourth-order valence-electron chi connectivity index (χ4n) is 1.95. The number of hydrogen-bond donors (Lipinski definition) is 2. The summed E-state index contributed by atoms with van der Waals surface area (Å²) in [7, 11) is 0. The molecule has 0 spiro atoms. The second kappa shape index (κ2) is 7.88. The van der Waals surface area contributed by atoms with Crippen molar-refractivity contribution >= 4 is 17.3 Å². The summed E-state index contributed by atoms with van der Waals surface area (Å²) in [6, 6.07) is 14.2. The first kappa shape index (κ1) is 14.8. The molecule has 1 atom stereocenters. The van der Waals surface area contributed by atoms with E-state index in [1.165, 1.54) is 5.56 Å². The Morgan fingerprint density at radius 2 is 2.05 bits per heavy atom. The Kier molecular flexibility index (Phi) is 5.84. The minimum absolute atomic E-state index is 0.242. The van der Waals surface area contributed by atoms with Crippen molar-refractivity contribution in [2.45, 2.75) is 18.9 Å². The van der Waals surface area contributed by atoms with Crippen molar-refractivity contribution in [3.05, 3.63) is 59.9 Å². The SMILES string of the molecule is OC(CCl)CNc1cccc(CCc2ccccn2)c1. The molecule has 0 bridgehead atoms. The lowest BCUT2D eigenvalue weighted by Crippen LogP contribution is -2.20. The van der Waals surface area contributed by atoms with Crippen LogP contribution in [0.2, 0.25) is 0 Å². The fraction of sp³-hybridized carbons (Fsp3) is 0.312. The number of aryl methyl sites for hydroxylation is 2. The summed E-state index contributed by atoms with van der Waals surface area (Å²) in [5.74, 6) is 0.242. The normalized spacial score (nSPS) is 12.1. The highest BCUT2D eigenvalue weighted by molar-refractivity contribution is 6.18. The van der Waals surface area contributed by atoms with Gasteiger partial charge in [-0.25, -0.2) is 0 Å². The topological polar surface area (TPSA) is 45.1 Å². The molecule has 1 heterocycles. The summed E-state index contributed by atoms with van der Waals surface area (Å²) in [4.78, 5) is 4.32. The van der Waals surface area contributed by atoms with E-state index in [0.29, 0.717) is 6.54 Å². The number of nitrogens with one attached hydrogen (secondary N) is 1. The van der Waals surface area contributed by atoms with Gasteiger partial charge in [0.1, 0.15) is 0 Å². The maximum atomic E-state index is 9.44. The van der Waals surface area contributed by atoms with Crippen LogP contribution in [0.4, 0.5) is 5.69 Å². The molecular formula is C16H19ClN2O. The average Bonchev–Trinajstić information content (AvgIpc) is 2.52. The Morgan fingerprint density at radius 1 is 1.15 bits per heavy atom. The summed E-state index contributed by atoms with van der Waals surface area (Å²) in [6.45, 7) is 0.465. The summed E-state index contributed by atoms with van der Waals surface area (Å²) >= 11 is 5.57. The van der Waals surface area contributed by atoms with E-state index in [1.807, 2.05) is 36.5 Å². The van der Waals surface area contributed by atoms with E-state index in [1.54, 1.807) is 0 Å². The Balaban J connectivity index is 1.89. The highest BCUT2D eigenvalue weighted by Gasteiger charge is 2.02. The number of pyridine rings is 1. The van der Waals surface area contributed by atoms with Crippen LogP contribution in [-0.4, -0.2) is 28.6 Å². The van der Waals surface area contributed by atoms with Crippen molar-refractivity contribution in [2.75, 3.05) is 17.7 Å². The monoisotopic (exact) mass is 290 g/mol. The lowest BCUT2D eigenvalue weighted by molar-refractivity contribution is 0.211. The lowest BCUT2D eigenvalue weighted by atomic mass is 10.1. The predicted octanol–water partition coefficient (Wildman–Crippen LogP) is 2.88. The Bertz CT molecular complexity index is 519. The number of aromatic nitrogens is 1. The van der Waals surface area contributed by atoms with E-state index in [4.69, 9.17) is 11.6 Å². The molecule has 0 radical (unpaired) electrons. The van der Waals surface area contributed by atoms with Gasteiger partial charge in [0, 0.05) is 24.1 Å². The summed E-state index contributed by atoms with van der Waals surface area (Å²) in [6.07, 6.45) is 3.17. The van der Waals surface area contributed by atoms with Gasteiger partial charge in [-0.15, -0.1) is 11.6 Å². The van der Waals surface area contributed by atoms with Crippen molar-refractivity contribution < 1.29 is 5.11 Å². The molecule has 106 valence electrons. The largest absolute Gasteiger partial charge is 0.390 e. The predicted molar refractivity (Wildman–Crippen MR) is 83.3 cm³/mol. The second-order valence-corrected chi connectivity index (χ2v) is 5.02. The van der Waals surface area contributed by atoms with Crippen molar-refractivity contribution in [2.24, 2.45) is 0 Å². The molecule has 0 saturated carbocycles. The van der Waals surface area contributed by atoms with E-state index >= 15 is 0 Å². The standard InChI is InChI=1S/C16H19ClN2O/c17-11-16(20)12-19-15-6-3-4-13(10-15)7-8-14-5-1-2-9-18-14/h1-6,9-10,16,19-20H,7-8,11-12H2. The average molecular weight is 291 g/mol. The molecule has 2 aromatic rings. The first-order chi connectivity index (χ1) is 9.78. The Labute approximate surface area is 124 Å². The van der Waals surface area contributed by atoms with Crippen LogP contribution in [0.1, 0.15) is 11.3 Å². The summed E-state index contributed by atoms with van der Waals surface area (Å²) < 4.78 is 0. The third kappa shape index (κ3) is 4.83. The molecule has 1 aromatic heterocycles. The molecule has 0 fully saturated rings. The molecule has 0 amide bonds. The molecule has 0 aliphatic carbocycles. The van der Waals surface area contributed by atoms with Gasteiger partial charge >= 0.3 is 0 Å². The minimum atomic E-state index is -0.520.